The number of allylic oxidation sites excluding steroid dienone is 1. The normalized spacial score (nSPS) is 15.5. The second-order valence-electron chi connectivity index (χ2n) is 10.9. The molecule has 10 nitrogen and oxygen atoms in total. The Morgan fingerprint density at radius 1 is 1.12 bits per heavy atom. The van der Waals surface area contributed by atoms with Crippen LogP contribution in [0.3, 0.4) is 0 Å². The van der Waals surface area contributed by atoms with E-state index in [4.69, 9.17) is 12.2 Å². The number of fused-ring (bicyclic) bond motifs is 1. The molecule has 3 aromatic heterocycles. The van der Waals surface area contributed by atoms with Gasteiger partial charge in [-0.3, -0.25) is 19.6 Å². The number of pyridine rings is 1. The molecule has 4 aromatic rings. The van der Waals surface area contributed by atoms with Gasteiger partial charge in [-0.2, -0.15) is 31.4 Å². The van der Waals surface area contributed by atoms with Gasteiger partial charge in [0.25, 0.3) is 11.5 Å². The number of hydrogen-bond acceptors (Lipinski definition) is 7. The summed E-state index contributed by atoms with van der Waals surface area (Å²) in [6.07, 6.45) is -0.419. The summed E-state index contributed by atoms with van der Waals surface area (Å²) in [7, 11) is 1.54. The maximum Gasteiger partial charge on any atom is 0.435 e. The number of hydrogen-bond donors (Lipinski definition) is 1. The molecule has 1 atom stereocenters. The Bertz CT molecular complexity index is 2070. The molecule has 0 bridgehead atoms. The van der Waals surface area contributed by atoms with Gasteiger partial charge in [0.15, 0.2) is 5.69 Å². The Labute approximate surface area is 269 Å². The zero-order valence-electron chi connectivity index (χ0n) is 25.6. The van der Waals surface area contributed by atoms with E-state index in [1.54, 1.807) is 6.92 Å². The van der Waals surface area contributed by atoms with Crippen LogP contribution in [0.5, 0.6) is 0 Å². The van der Waals surface area contributed by atoms with Crippen molar-refractivity contribution in [2.75, 3.05) is 7.05 Å². The highest BCUT2D eigenvalue weighted by atomic mass is 19.4. The third-order valence-electron chi connectivity index (χ3n) is 7.70. The van der Waals surface area contributed by atoms with Gasteiger partial charge in [0, 0.05) is 53.5 Å². The first-order chi connectivity index (χ1) is 22.6. The predicted molar refractivity (Wildman–Crippen MR) is 163 cm³/mol. The average molecular weight is 669 g/mol. The number of nitrogens with two attached hydrogens (primary N) is 1. The molecule has 1 amide bonds. The van der Waals surface area contributed by atoms with Crippen LogP contribution >= 0.6 is 0 Å². The van der Waals surface area contributed by atoms with Crippen LogP contribution in [-0.4, -0.2) is 54.4 Å². The standard InChI is InChI=1S/C32H26F6N8O2/c1-5-19-6-7-20(12-24(19)31(33,34)35)28(47)44-16-26-23(10-17(44)2)29(48)45(22-8-9-25(41-15-22)21(13-39)14-40-4)30(42-26)46-18(3)11-27(43-46)32(36,37)38/h1,6-9,11-15,17H,10,16,39H2,2-4H3/b21-13+,40-14?. The minimum absolute atomic E-state index is 0.00888. The number of aliphatic imine (C=N–C) groups is 1. The number of terminal acetylenes is 1. The van der Waals surface area contributed by atoms with Crippen LogP contribution in [0.2, 0.25) is 0 Å². The SMILES string of the molecule is C#Cc1ccc(C(=O)N2Cc3nc(-n4nc(C(F)(F)F)cc4C)n(-c4ccc(/C(C=NC)=C/N)nc4)c(=O)c3CC2C)cc1C(F)(F)F. The molecule has 0 spiro atoms. The average Bonchev–Trinajstić information content (AvgIpc) is 3.44. The summed E-state index contributed by atoms with van der Waals surface area (Å²) < 4.78 is 83.9. The third-order valence-corrected chi connectivity index (χ3v) is 7.70. The Hall–Kier alpha value is -5.72. The molecular weight excluding hydrogens is 642 g/mol. The van der Waals surface area contributed by atoms with Crippen molar-refractivity contribution in [2.45, 2.75) is 45.2 Å². The van der Waals surface area contributed by atoms with Crippen LogP contribution < -0.4 is 11.3 Å². The van der Waals surface area contributed by atoms with Gasteiger partial charge >= 0.3 is 12.4 Å². The molecule has 2 N–H and O–H groups in total. The predicted octanol–water partition coefficient (Wildman–Crippen LogP) is 4.73. The number of aryl methyl sites for hydroxylation is 1. The zero-order valence-corrected chi connectivity index (χ0v) is 25.6. The van der Waals surface area contributed by atoms with E-state index in [2.05, 4.69) is 20.1 Å². The quantitative estimate of drug-likeness (QED) is 0.186. The van der Waals surface area contributed by atoms with Gasteiger partial charge in [-0.05, 0) is 56.7 Å². The number of nitrogens with zero attached hydrogens (tertiary/aromatic N) is 7. The molecule has 1 aliphatic rings. The molecule has 1 aromatic carbocycles. The number of carbonyl (C=O) groups excluding carboxylic acids is 1. The molecule has 0 saturated heterocycles. The van der Waals surface area contributed by atoms with Crippen LogP contribution in [0.4, 0.5) is 26.3 Å². The molecule has 4 heterocycles. The number of alkyl halides is 6. The van der Waals surface area contributed by atoms with Crippen molar-refractivity contribution in [3.05, 3.63) is 104 Å². The number of aromatic nitrogens is 5. The number of benzene rings is 1. The Morgan fingerprint density at radius 2 is 1.85 bits per heavy atom. The first kappa shape index (κ1) is 33.6. The first-order valence-electron chi connectivity index (χ1n) is 14.2. The lowest BCUT2D eigenvalue weighted by molar-refractivity contribution is -0.141. The van der Waals surface area contributed by atoms with Crippen LogP contribution in [0, 0.1) is 19.3 Å². The summed E-state index contributed by atoms with van der Waals surface area (Å²) in [6, 6.07) is 5.99. The lowest BCUT2D eigenvalue weighted by Gasteiger charge is -2.34. The fourth-order valence-corrected chi connectivity index (χ4v) is 5.33. The van der Waals surface area contributed by atoms with Gasteiger partial charge in [-0.1, -0.05) is 5.92 Å². The molecule has 248 valence electrons. The third kappa shape index (κ3) is 6.18. The zero-order chi connectivity index (χ0) is 35.1. The topological polar surface area (TPSA) is 124 Å². The van der Waals surface area contributed by atoms with Gasteiger partial charge in [0.2, 0.25) is 5.95 Å². The van der Waals surface area contributed by atoms with Crippen LogP contribution in [0.25, 0.3) is 17.2 Å². The summed E-state index contributed by atoms with van der Waals surface area (Å²) in [6.45, 7) is 2.62. The second kappa shape index (κ2) is 12.5. The summed E-state index contributed by atoms with van der Waals surface area (Å²) in [4.78, 5) is 41.7. The van der Waals surface area contributed by atoms with Gasteiger partial charge < -0.3 is 10.6 Å². The summed E-state index contributed by atoms with van der Waals surface area (Å²) in [5.74, 6) is 0.843. The Morgan fingerprint density at radius 3 is 2.42 bits per heavy atom. The Balaban J connectivity index is 1.65. The van der Waals surface area contributed by atoms with Crippen LogP contribution in [0.1, 0.15) is 56.7 Å². The van der Waals surface area contributed by atoms with E-state index in [9.17, 15) is 35.9 Å². The lowest BCUT2D eigenvalue weighted by Crippen LogP contribution is -2.46. The van der Waals surface area contributed by atoms with Crippen molar-refractivity contribution >= 4 is 17.7 Å². The monoisotopic (exact) mass is 668 g/mol. The molecule has 5 rings (SSSR count). The minimum Gasteiger partial charge on any atom is -0.404 e. The maximum atomic E-state index is 14.2. The smallest absolute Gasteiger partial charge is 0.404 e. The second-order valence-corrected chi connectivity index (χ2v) is 10.9. The molecule has 0 saturated carbocycles. The number of amides is 1. The summed E-state index contributed by atoms with van der Waals surface area (Å²) in [5.41, 5.74) is 3.07. The number of carbonyl (C=O) groups is 1. The molecule has 0 aliphatic carbocycles. The van der Waals surface area contributed by atoms with Crippen LogP contribution in [0.15, 0.2) is 58.6 Å². The van der Waals surface area contributed by atoms with E-state index in [1.807, 2.05) is 5.92 Å². The molecule has 48 heavy (non-hydrogen) atoms. The van der Waals surface area contributed by atoms with E-state index in [0.29, 0.717) is 17.3 Å². The van der Waals surface area contributed by atoms with E-state index in [1.165, 1.54) is 55.7 Å². The fourth-order valence-electron chi connectivity index (χ4n) is 5.33. The molecule has 16 heteroatoms. The van der Waals surface area contributed by atoms with Crippen molar-refractivity contribution < 1.29 is 31.1 Å². The Kier molecular flexibility index (Phi) is 8.74. The van der Waals surface area contributed by atoms with Crippen molar-refractivity contribution in [1.82, 2.24) is 29.2 Å². The van der Waals surface area contributed by atoms with Crippen molar-refractivity contribution in [3.63, 3.8) is 0 Å². The summed E-state index contributed by atoms with van der Waals surface area (Å²) >= 11 is 0. The molecular formula is C32H26F6N8O2. The molecule has 1 aliphatic heterocycles. The van der Waals surface area contributed by atoms with Gasteiger partial charge in [-0.15, -0.1) is 6.42 Å². The van der Waals surface area contributed by atoms with E-state index in [-0.39, 0.29) is 47.1 Å². The van der Waals surface area contributed by atoms with Gasteiger partial charge in [0.1, 0.15) is 0 Å². The highest BCUT2D eigenvalue weighted by molar-refractivity contribution is 6.08. The van der Waals surface area contributed by atoms with E-state index >= 15 is 0 Å². The van der Waals surface area contributed by atoms with Crippen molar-refractivity contribution in [1.29, 1.82) is 0 Å². The van der Waals surface area contributed by atoms with E-state index < -0.39 is 46.7 Å². The van der Waals surface area contributed by atoms with Gasteiger partial charge in [0.05, 0.1) is 35.4 Å². The number of halogens is 6. The van der Waals surface area contributed by atoms with E-state index in [0.717, 1.165) is 21.4 Å². The lowest BCUT2D eigenvalue weighted by atomic mass is 9.97. The van der Waals surface area contributed by atoms with Gasteiger partial charge in [-0.25, -0.2) is 14.2 Å². The maximum absolute atomic E-state index is 14.2. The largest absolute Gasteiger partial charge is 0.435 e. The number of rotatable bonds is 5. The van der Waals surface area contributed by atoms with Crippen LogP contribution in [-0.2, 0) is 25.3 Å². The fraction of sp³-hybridized carbons (Fsp3) is 0.250. The highest BCUT2D eigenvalue weighted by Gasteiger charge is 2.38. The molecule has 1 unspecified atom stereocenters. The molecule has 0 fully saturated rings. The first-order valence-corrected chi connectivity index (χ1v) is 14.2. The van der Waals surface area contributed by atoms with Crippen molar-refractivity contribution in [2.24, 2.45) is 10.7 Å². The summed E-state index contributed by atoms with van der Waals surface area (Å²) in [5, 5.41) is 3.68. The molecule has 0 radical (unpaired) electrons. The minimum atomic E-state index is -4.82. The highest BCUT2D eigenvalue weighted by Crippen LogP contribution is 2.34. The van der Waals surface area contributed by atoms with Crippen molar-refractivity contribution in [3.8, 4) is 24.0 Å².